The maximum absolute atomic E-state index is 10.5. The van der Waals surface area contributed by atoms with E-state index in [0.29, 0.717) is 0 Å². The molecule has 0 aliphatic carbocycles. The standard InChI is InChI=1S/2C7H8O3S.H2O7S2/c2*1-6-2-4-7(5-3-6)11(8,9)10;1-8(2,3)7-9(4,5)6/h2*2-5H,1H3,(H,8,9,10);(H,1,2,3)(H,4,5,6). The lowest BCUT2D eigenvalue weighted by atomic mass is 10.2. The molecular formula is C14H18O13S4. The van der Waals surface area contributed by atoms with E-state index >= 15 is 0 Å². The predicted molar refractivity (Wildman–Crippen MR) is 106 cm³/mol. The van der Waals surface area contributed by atoms with Crippen LogP contribution in [0.1, 0.15) is 11.1 Å². The van der Waals surface area contributed by atoms with Gasteiger partial charge in [0.25, 0.3) is 20.2 Å². The quantitative estimate of drug-likeness (QED) is 0.413. The minimum atomic E-state index is -5.12. The molecule has 2 aromatic rings. The molecule has 0 saturated carbocycles. The van der Waals surface area contributed by atoms with Crippen molar-refractivity contribution in [2.24, 2.45) is 0 Å². The zero-order chi connectivity index (χ0) is 24.7. The minimum absolute atomic E-state index is 0.0666. The fourth-order valence-electron chi connectivity index (χ4n) is 1.53. The summed E-state index contributed by atoms with van der Waals surface area (Å²) in [5, 5.41) is 0. The predicted octanol–water partition coefficient (Wildman–Crippen LogP) is 1.09. The highest BCUT2D eigenvalue weighted by molar-refractivity contribution is 7.94. The van der Waals surface area contributed by atoms with Crippen molar-refractivity contribution in [1.82, 2.24) is 0 Å². The molecule has 0 amide bonds. The van der Waals surface area contributed by atoms with Crippen molar-refractivity contribution in [3.8, 4) is 0 Å². The van der Waals surface area contributed by atoms with E-state index in [9.17, 15) is 33.7 Å². The highest BCUT2D eigenvalue weighted by Gasteiger charge is 2.15. The molecule has 0 bridgehead atoms. The molecule has 0 atom stereocenters. The second-order valence-corrected chi connectivity index (χ2v) is 10.6. The second kappa shape index (κ2) is 11.1. The van der Waals surface area contributed by atoms with E-state index in [0.717, 1.165) is 11.1 Å². The van der Waals surface area contributed by atoms with Crippen LogP contribution >= 0.6 is 0 Å². The van der Waals surface area contributed by atoms with Gasteiger partial charge in [0.05, 0.1) is 9.79 Å². The SMILES string of the molecule is Cc1ccc(S(=O)(=O)O)cc1.Cc1ccc(S(=O)(=O)O)cc1.O=S(=O)(O)OS(=O)(=O)O. The normalized spacial score (nSPS) is 12.1. The van der Waals surface area contributed by atoms with Crippen LogP contribution in [0.4, 0.5) is 0 Å². The monoisotopic (exact) mass is 522 g/mol. The Morgan fingerprint density at radius 2 is 0.742 bits per heavy atom. The Balaban J connectivity index is 0.000000439. The lowest BCUT2D eigenvalue weighted by molar-refractivity contribution is 0.344. The Morgan fingerprint density at radius 3 is 0.871 bits per heavy atom. The van der Waals surface area contributed by atoms with Gasteiger partial charge >= 0.3 is 20.8 Å². The molecule has 2 rings (SSSR count). The molecule has 176 valence electrons. The van der Waals surface area contributed by atoms with E-state index in [4.69, 9.17) is 18.2 Å². The summed E-state index contributed by atoms with van der Waals surface area (Å²) >= 11 is 0. The van der Waals surface area contributed by atoms with Crippen molar-refractivity contribution in [3.05, 3.63) is 59.7 Å². The third kappa shape index (κ3) is 14.6. The number of rotatable bonds is 4. The molecule has 0 unspecified atom stereocenters. The summed E-state index contributed by atoms with van der Waals surface area (Å²) in [5.41, 5.74) is 1.91. The van der Waals surface area contributed by atoms with Gasteiger partial charge in [-0.25, -0.2) is 0 Å². The van der Waals surface area contributed by atoms with Crippen molar-refractivity contribution in [2.45, 2.75) is 23.6 Å². The van der Waals surface area contributed by atoms with Crippen LogP contribution in [0.5, 0.6) is 0 Å². The number of aryl methyl sites for hydroxylation is 2. The van der Waals surface area contributed by atoms with Gasteiger partial charge in [-0.05, 0) is 38.1 Å². The topological polar surface area (TPSA) is 227 Å². The summed E-state index contributed by atoms with van der Waals surface area (Å²) in [6, 6.07) is 12.0. The van der Waals surface area contributed by atoms with Crippen LogP contribution in [-0.2, 0) is 44.7 Å². The van der Waals surface area contributed by atoms with Crippen molar-refractivity contribution in [3.63, 3.8) is 0 Å². The van der Waals surface area contributed by atoms with Crippen molar-refractivity contribution in [1.29, 1.82) is 0 Å². The molecule has 0 radical (unpaired) electrons. The average molecular weight is 523 g/mol. The fourth-order valence-corrected chi connectivity index (χ4v) is 3.36. The minimum Gasteiger partial charge on any atom is -0.282 e. The summed E-state index contributed by atoms with van der Waals surface area (Å²) in [7, 11) is -18.3. The Bertz CT molecular complexity index is 1170. The third-order valence-corrected chi connectivity index (χ3v) is 5.92. The Morgan fingerprint density at radius 1 is 0.516 bits per heavy atom. The first-order valence-electron chi connectivity index (χ1n) is 7.45. The lowest BCUT2D eigenvalue weighted by Crippen LogP contribution is -2.10. The Labute approximate surface area is 179 Å². The van der Waals surface area contributed by atoms with Gasteiger partial charge in [0.1, 0.15) is 0 Å². The van der Waals surface area contributed by atoms with Gasteiger partial charge in [0.2, 0.25) is 0 Å². The largest absolute Gasteiger partial charge is 0.413 e. The number of benzene rings is 2. The van der Waals surface area contributed by atoms with E-state index in [1.165, 1.54) is 24.3 Å². The van der Waals surface area contributed by atoms with Crippen LogP contribution in [0.25, 0.3) is 0 Å². The van der Waals surface area contributed by atoms with Crippen LogP contribution in [-0.4, -0.2) is 51.9 Å². The van der Waals surface area contributed by atoms with Gasteiger partial charge in [0.15, 0.2) is 0 Å². The van der Waals surface area contributed by atoms with Gasteiger partial charge in [0, 0.05) is 0 Å². The van der Waals surface area contributed by atoms with E-state index in [1.807, 2.05) is 13.8 Å². The first-order chi connectivity index (χ1) is 13.7. The van der Waals surface area contributed by atoms with Crippen LogP contribution in [0.15, 0.2) is 58.3 Å². The second-order valence-electron chi connectivity index (χ2n) is 5.50. The molecule has 0 aliphatic rings. The van der Waals surface area contributed by atoms with E-state index in [1.54, 1.807) is 24.3 Å². The lowest BCUT2D eigenvalue weighted by Gasteiger charge is -1.95. The van der Waals surface area contributed by atoms with Crippen LogP contribution in [0.2, 0.25) is 0 Å². The zero-order valence-corrected chi connectivity index (χ0v) is 19.0. The van der Waals surface area contributed by atoms with Crippen molar-refractivity contribution in [2.75, 3.05) is 0 Å². The molecule has 13 nitrogen and oxygen atoms in total. The summed E-state index contributed by atoms with van der Waals surface area (Å²) < 4.78 is 115. The summed E-state index contributed by atoms with van der Waals surface area (Å²) in [6.07, 6.45) is 0. The Hall–Kier alpha value is -1.96. The molecular weight excluding hydrogens is 504 g/mol. The molecule has 0 aliphatic heterocycles. The fraction of sp³-hybridized carbons (Fsp3) is 0.143. The summed E-state index contributed by atoms with van der Waals surface area (Å²) in [6.45, 7) is 3.68. The van der Waals surface area contributed by atoms with E-state index in [-0.39, 0.29) is 9.79 Å². The molecule has 31 heavy (non-hydrogen) atoms. The molecule has 17 heteroatoms. The smallest absolute Gasteiger partial charge is 0.282 e. The van der Waals surface area contributed by atoms with Gasteiger partial charge in [-0.3, -0.25) is 18.2 Å². The molecule has 2 aromatic carbocycles. The molecule has 0 spiro atoms. The maximum Gasteiger partial charge on any atom is 0.413 e. The highest BCUT2D eigenvalue weighted by Crippen LogP contribution is 2.09. The summed E-state index contributed by atoms with van der Waals surface area (Å²) in [5.74, 6) is 0. The van der Waals surface area contributed by atoms with Crippen LogP contribution in [0.3, 0.4) is 0 Å². The summed E-state index contributed by atoms with van der Waals surface area (Å²) in [4.78, 5) is -0.133. The average Bonchev–Trinajstić information content (AvgIpc) is 2.51. The zero-order valence-electron chi connectivity index (χ0n) is 15.7. The van der Waals surface area contributed by atoms with Crippen molar-refractivity contribution >= 4 is 41.0 Å². The number of hydrogen-bond donors (Lipinski definition) is 4. The van der Waals surface area contributed by atoms with E-state index < -0.39 is 41.0 Å². The molecule has 0 saturated heterocycles. The molecule has 0 heterocycles. The van der Waals surface area contributed by atoms with Gasteiger partial charge in [-0.15, -0.1) is 3.63 Å². The van der Waals surface area contributed by atoms with Gasteiger partial charge in [-0.1, -0.05) is 35.4 Å². The van der Waals surface area contributed by atoms with Gasteiger partial charge in [-0.2, -0.15) is 33.7 Å². The van der Waals surface area contributed by atoms with Gasteiger partial charge < -0.3 is 0 Å². The van der Waals surface area contributed by atoms with Crippen LogP contribution in [0, 0.1) is 13.8 Å². The Kier molecular flexibility index (Phi) is 10.4. The molecule has 0 fully saturated rings. The maximum atomic E-state index is 10.5. The first kappa shape index (κ1) is 29.0. The van der Waals surface area contributed by atoms with Crippen molar-refractivity contribution < 1.29 is 55.5 Å². The first-order valence-corrected chi connectivity index (χ1v) is 13.1. The molecule has 4 N–H and O–H groups in total. The third-order valence-electron chi connectivity index (χ3n) is 2.81. The van der Waals surface area contributed by atoms with Crippen LogP contribution < -0.4 is 0 Å². The highest BCUT2D eigenvalue weighted by atomic mass is 32.3. The number of hydrogen-bond acceptors (Lipinski definition) is 9. The molecule has 0 aromatic heterocycles. The van der Waals surface area contributed by atoms with E-state index in [2.05, 4.69) is 3.63 Å².